The van der Waals surface area contributed by atoms with Crippen molar-refractivity contribution in [2.75, 3.05) is 0 Å². The Labute approximate surface area is 212 Å². The summed E-state index contributed by atoms with van der Waals surface area (Å²) in [5.74, 6) is 1.34. The Morgan fingerprint density at radius 3 is 2.17 bits per heavy atom. The Morgan fingerprint density at radius 2 is 1.54 bits per heavy atom. The van der Waals surface area contributed by atoms with Crippen LogP contribution >= 0.6 is 0 Å². The van der Waals surface area contributed by atoms with E-state index in [9.17, 15) is 25.5 Å². The van der Waals surface area contributed by atoms with Crippen LogP contribution in [-0.2, 0) is 0 Å². The average Bonchev–Trinajstić information content (AvgIpc) is 3.34. The lowest BCUT2D eigenvalue weighted by molar-refractivity contribution is -0.225. The molecule has 5 fully saturated rings. The first-order valence-electron chi connectivity index (χ1n) is 14.4. The van der Waals surface area contributed by atoms with Crippen molar-refractivity contribution in [1.29, 1.82) is 0 Å². The molecule has 202 valence electrons. The number of aliphatic hydroxyl groups is 5. The highest BCUT2D eigenvalue weighted by atomic mass is 16.3. The molecule has 5 heteroatoms. The summed E-state index contributed by atoms with van der Waals surface area (Å²) in [4.78, 5) is 0. The standard InChI is InChI=1S/C30H52O5/c1-17(8-9-21(32)26(4,5)35)18-10-11-28(7)24-19(31)14-20-25(2,3)22(33)15-23(34)30(20)16-29(24,30)13-12-27(18,28)6/h17-24,31-35H,8-16H2,1-7H3. The van der Waals surface area contributed by atoms with Crippen molar-refractivity contribution >= 4 is 0 Å². The third kappa shape index (κ3) is 3.17. The summed E-state index contributed by atoms with van der Waals surface area (Å²) < 4.78 is 0. The lowest BCUT2D eigenvalue weighted by atomic mass is 9.40. The zero-order valence-electron chi connectivity index (χ0n) is 23.2. The molecule has 12 unspecified atom stereocenters. The Hall–Kier alpha value is -0.200. The van der Waals surface area contributed by atoms with Gasteiger partial charge < -0.3 is 25.5 Å². The highest BCUT2D eigenvalue weighted by Crippen LogP contribution is 2.88. The van der Waals surface area contributed by atoms with Crippen LogP contribution < -0.4 is 0 Å². The van der Waals surface area contributed by atoms with Gasteiger partial charge in [0.2, 0.25) is 0 Å². The van der Waals surface area contributed by atoms with Gasteiger partial charge in [-0.3, -0.25) is 0 Å². The van der Waals surface area contributed by atoms with Crippen molar-refractivity contribution in [3.05, 3.63) is 0 Å². The largest absolute Gasteiger partial charge is 0.393 e. The Bertz CT molecular complexity index is 850. The van der Waals surface area contributed by atoms with E-state index in [0.29, 0.717) is 31.1 Å². The van der Waals surface area contributed by atoms with E-state index in [0.717, 1.165) is 38.5 Å². The number of aliphatic hydroxyl groups excluding tert-OH is 4. The van der Waals surface area contributed by atoms with E-state index in [-0.39, 0.29) is 45.0 Å². The third-order valence-corrected chi connectivity index (χ3v) is 13.6. The molecule has 0 aromatic heterocycles. The summed E-state index contributed by atoms with van der Waals surface area (Å²) in [5, 5.41) is 54.8. The quantitative estimate of drug-likeness (QED) is 0.394. The minimum Gasteiger partial charge on any atom is -0.393 e. The maximum Gasteiger partial charge on any atom is 0.0849 e. The molecule has 5 aliphatic rings. The molecule has 2 spiro atoms. The number of fused-ring (bicyclic) bond motifs is 2. The minimum absolute atomic E-state index is 0.00431. The summed E-state index contributed by atoms with van der Waals surface area (Å²) in [6, 6.07) is 0. The van der Waals surface area contributed by atoms with Crippen LogP contribution in [-0.4, -0.2) is 55.5 Å². The summed E-state index contributed by atoms with van der Waals surface area (Å²) in [7, 11) is 0. The van der Waals surface area contributed by atoms with E-state index in [1.807, 2.05) is 0 Å². The molecule has 12 atom stereocenters. The normalized spacial score (nSPS) is 54.2. The van der Waals surface area contributed by atoms with E-state index in [4.69, 9.17) is 0 Å². The Morgan fingerprint density at radius 1 is 0.886 bits per heavy atom. The van der Waals surface area contributed by atoms with Gasteiger partial charge in [-0.2, -0.15) is 0 Å². The molecule has 0 aromatic rings. The summed E-state index contributed by atoms with van der Waals surface area (Å²) in [6.45, 7) is 14.9. The molecule has 5 aliphatic carbocycles. The van der Waals surface area contributed by atoms with Gasteiger partial charge in [0.15, 0.2) is 0 Å². The second-order valence-corrected chi connectivity index (χ2v) is 15.5. The number of hydrogen-bond donors (Lipinski definition) is 5. The zero-order chi connectivity index (χ0) is 26.0. The molecule has 5 saturated carbocycles. The molecule has 0 radical (unpaired) electrons. The summed E-state index contributed by atoms with van der Waals surface area (Å²) in [6.07, 6.45) is 6.03. The topological polar surface area (TPSA) is 101 Å². The maximum atomic E-state index is 11.8. The first-order chi connectivity index (χ1) is 16.0. The lowest BCUT2D eigenvalue weighted by Gasteiger charge is -2.65. The second-order valence-electron chi connectivity index (χ2n) is 15.5. The van der Waals surface area contributed by atoms with Crippen molar-refractivity contribution in [2.45, 2.75) is 136 Å². The molecule has 5 nitrogen and oxygen atoms in total. The van der Waals surface area contributed by atoms with Crippen molar-refractivity contribution in [2.24, 2.45) is 50.7 Å². The fraction of sp³-hybridized carbons (Fsp3) is 1.00. The van der Waals surface area contributed by atoms with Gasteiger partial charge in [0.25, 0.3) is 0 Å². The van der Waals surface area contributed by atoms with Gasteiger partial charge in [-0.05, 0) is 111 Å². The van der Waals surface area contributed by atoms with Crippen molar-refractivity contribution < 1.29 is 25.5 Å². The van der Waals surface area contributed by atoms with Crippen molar-refractivity contribution in [3.8, 4) is 0 Å². The van der Waals surface area contributed by atoms with E-state index in [2.05, 4.69) is 34.6 Å². The fourth-order valence-corrected chi connectivity index (χ4v) is 11.3. The van der Waals surface area contributed by atoms with E-state index in [1.165, 1.54) is 0 Å². The zero-order valence-corrected chi connectivity index (χ0v) is 23.2. The highest BCUT2D eigenvalue weighted by Gasteiger charge is 2.86. The Balaban J connectivity index is 1.43. The van der Waals surface area contributed by atoms with E-state index >= 15 is 0 Å². The molecular formula is C30H52O5. The predicted molar refractivity (Wildman–Crippen MR) is 136 cm³/mol. The van der Waals surface area contributed by atoms with Crippen LogP contribution in [0.4, 0.5) is 0 Å². The summed E-state index contributed by atoms with van der Waals surface area (Å²) in [5.41, 5.74) is -1.37. The van der Waals surface area contributed by atoms with Gasteiger partial charge in [-0.15, -0.1) is 0 Å². The van der Waals surface area contributed by atoms with E-state index < -0.39 is 23.9 Å². The maximum absolute atomic E-state index is 11.8. The van der Waals surface area contributed by atoms with Crippen LogP contribution in [0.5, 0.6) is 0 Å². The van der Waals surface area contributed by atoms with Gasteiger partial charge in [-0.1, -0.05) is 34.6 Å². The first kappa shape index (κ1) is 26.4. The van der Waals surface area contributed by atoms with Crippen molar-refractivity contribution in [3.63, 3.8) is 0 Å². The molecule has 0 aliphatic heterocycles. The fourth-order valence-electron chi connectivity index (χ4n) is 11.3. The van der Waals surface area contributed by atoms with Crippen LogP contribution in [0.1, 0.15) is 106 Å². The molecule has 0 heterocycles. The third-order valence-electron chi connectivity index (χ3n) is 13.6. The van der Waals surface area contributed by atoms with Crippen LogP contribution in [0.3, 0.4) is 0 Å². The average molecular weight is 493 g/mol. The Kier molecular flexibility index (Phi) is 5.80. The van der Waals surface area contributed by atoms with E-state index in [1.54, 1.807) is 13.8 Å². The van der Waals surface area contributed by atoms with Gasteiger partial charge in [0, 0.05) is 11.8 Å². The number of rotatable bonds is 5. The SMILES string of the molecule is CC(CCC(O)C(C)(C)O)C1CCC2(C)C3C(O)CC4C(C)(C)C(O)CC(O)C45CC35CCC12C. The van der Waals surface area contributed by atoms with Gasteiger partial charge >= 0.3 is 0 Å². The van der Waals surface area contributed by atoms with Crippen LogP contribution in [0, 0.1) is 50.7 Å². The first-order valence-corrected chi connectivity index (χ1v) is 14.4. The molecule has 0 aromatic carbocycles. The molecule has 5 N–H and O–H groups in total. The number of hydrogen-bond acceptors (Lipinski definition) is 5. The molecule has 0 saturated heterocycles. The lowest BCUT2D eigenvalue weighted by Crippen LogP contribution is -2.64. The molecular weight excluding hydrogens is 440 g/mol. The van der Waals surface area contributed by atoms with Crippen LogP contribution in [0.2, 0.25) is 0 Å². The van der Waals surface area contributed by atoms with Gasteiger partial charge in [-0.25, -0.2) is 0 Å². The molecule has 5 rings (SSSR count). The van der Waals surface area contributed by atoms with Gasteiger partial charge in [0.1, 0.15) is 0 Å². The molecule has 0 bridgehead atoms. The predicted octanol–water partition coefficient (Wildman–Crippen LogP) is 4.28. The summed E-state index contributed by atoms with van der Waals surface area (Å²) >= 11 is 0. The van der Waals surface area contributed by atoms with Crippen LogP contribution in [0.25, 0.3) is 0 Å². The molecule has 35 heavy (non-hydrogen) atoms. The monoisotopic (exact) mass is 492 g/mol. The smallest absolute Gasteiger partial charge is 0.0849 e. The van der Waals surface area contributed by atoms with Crippen LogP contribution in [0.15, 0.2) is 0 Å². The molecule has 0 amide bonds. The van der Waals surface area contributed by atoms with Crippen molar-refractivity contribution in [1.82, 2.24) is 0 Å². The highest BCUT2D eigenvalue weighted by molar-refractivity contribution is 5.34. The van der Waals surface area contributed by atoms with Gasteiger partial charge in [0.05, 0.1) is 30.0 Å². The second kappa shape index (κ2) is 7.68. The minimum atomic E-state index is -1.07.